The van der Waals surface area contributed by atoms with Gasteiger partial charge in [-0.05, 0) is 49.9 Å². The first kappa shape index (κ1) is 13.5. The molecule has 0 amide bonds. The van der Waals surface area contributed by atoms with E-state index in [2.05, 4.69) is 36.1 Å². The van der Waals surface area contributed by atoms with Gasteiger partial charge in [0, 0.05) is 19.2 Å². The lowest BCUT2D eigenvalue weighted by atomic mass is 9.99. The summed E-state index contributed by atoms with van der Waals surface area (Å²) >= 11 is 0. The fraction of sp³-hybridized carbons (Fsp3) is 0.600. The highest BCUT2D eigenvalue weighted by Gasteiger charge is 2.22. The number of hydrogen-bond donors (Lipinski definition) is 2. The third kappa shape index (κ3) is 3.31. The lowest BCUT2D eigenvalue weighted by molar-refractivity contribution is 0.220. The minimum Gasteiger partial charge on any atom is -0.396 e. The van der Waals surface area contributed by atoms with Crippen LogP contribution in [0, 0.1) is 12.8 Å². The van der Waals surface area contributed by atoms with Gasteiger partial charge >= 0.3 is 0 Å². The minimum atomic E-state index is 0.124. The average Bonchev–Trinajstić information content (AvgIpc) is 2.84. The van der Waals surface area contributed by atoms with Crippen LogP contribution < -0.4 is 5.73 Å². The van der Waals surface area contributed by atoms with Gasteiger partial charge in [-0.2, -0.15) is 0 Å². The van der Waals surface area contributed by atoms with Crippen molar-refractivity contribution >= 4 is 0 Å². The molecule has 100 valence electrons. The van der Waals surface area contributed by atoms with E-state index in [1.807, 2.05) is 0 Å². The summed E-state index contributed by atoms with van der Waals surface area (Å²) in [6, 6.07) is 8.48. The maximum Gasteiger partial charge on any atom is 0.0471 e. The fourth-order valence-corrected chi connectivity index (χ4v) is 2.74. The highest BCUT2D eigenvalue weighted by molar-refractivity contribution is 5.28. The zero-order valence-electron chi connectivity index (χ0n) is 11.2. The SMILES string of the molecule is Cc1ccccc1C(N)CCN1CCC(CO)C1. The van der Waals surface area contributed by atoms with Crippen LogP contribution in [0.5, 0.6) is 0 Å². The van der Waals surface area contributed by atoms with Crippen molar-refractivity contribution in [2.75, 3.05) is 26.2 Å². The van der Waals surface area contributed by atoms with Gasteiger partial charge in [-0.3, -0.25) is 0 Å². The van der Waals surface area contributed by atoms with Gasteiger partial charge in [0.2, 0.25) is 0 Å². The molecular weight excluding hydrogens is 224 g/mol. The summed E-state index contributed by atoms with van der Waals surface area (Å²) in [4.78, 5) is 2.42. The standard InChI is InChI=1S/C15H24N2O/c1-12-4-2-3-5-14(12)15(16)7-9-17-8-6-13(10-17)11-18/h2-5,13,15,18H,6-11,16H2,1H3. The summed E-state index contributed by atoms with van der Waals surface area (Å²) in [5.74, 6) is 0.472. The predicted octanol–water partition coefficient (Wildman–Crippen LogP) is 1.70. The number of aliphatic hydroxyl groups is 1. The van der Waals surface area contributed by atoms with Crippen molar-refractivity contribution in [3.63, 3.8) is 0 Å². The van der Waals surface area contributed by atoms with E-state index in [0.717, 1.165) is 32.5 Å². The highest BCUT2D eigenvalue weighted by atomic mass is 16.3. The Labute approximate surface area is 110 Å². The number of nitrogens with two attached hydrogens (primary N) is 1. The van der Waals surface area contributed by atoms with Crippen LogP contribution in [-0.4, -0.2) is 36.2 Å². The maximum absolute atomic E-state index is 9.12. The predicted molar refractivity (Wildman–Crippen MR) is 74.4 cm³/mol. The molecule has 1 saturated heterocycles. The number of aliphatic hydroxyl groups excluding tert-OH is 1. The molecule has 2 unspecified atom stereocenters. The topological polar surface area (TPSA) is 49.5 Å². The van der Waals surface area contributed by atoms with E-state index in [4.69, 9.17) is 10.8 Å². The van der Waals surface area contributed by atoms with Gasteiger partial charge < -0.3 is 15.7 Å². The smallest absolute Gasteiger partial charge is 0.0471 e. The molecule has 3 N–H and O–H groups in total. The lowest BCUT2D eigenvalue weighted by Crippen LogP contribution is -2.26. The van der Waals surface area contributed by atoms with Crippen LogP contribution in [0.15, 0.2) is 24.3 Å². The molecule has 1 aromatic carbocycles. The molecule has 1 fully saturated rings. The molecule has 0 saturated carbocycles. The largest absolute Gasteiger partial charge is 0.396 e. The Hall–Kier alpha value is -0.900. The van der Waals surface area contributed by atoms with Crippen molar-refractivity contribution in [1.29, 1.82) is 0 Å². The van der Waals surface area contributed by atoms with Crippen LogP contribution in [0.2, 0.25) is 0 Å². The Morgan fingerprint density at radius 3 is 2.89 bits per heavy atom. The van der Waals surface area contributed by atoms with Gasteiger partial charge in [0.25, 0.3) is 0 Å². The Bertz CT molecular complexity index is 381. The summed E-state index contributed by atoms with van der Waals surface area (Å²) in [6.45, 7) is 5.60. The van der Waals surface area contributed by atoms with Gasteiger partial charge in [0.05, 0.1) is 0 Å². The van der Waals surface area contributed by atoms with Gasteiger partial charge in [-0.15, -0.1) is 0 Å². The molecule has 0 aliphatic carbocycles. The number of hydrogen-bond acceptors (Lipinski definition) is 3. The lowest BCUT2D eigenvalue weighted by Gasteiger charge is -2.20. The van der Waals surface area contributed by atoms with Crippen molar-refractivity contribution in [2.24, 2.45) is 11.7 Å². The summed E-state index contributed by atoms with van der Waals surface area (Å²) in [5.41, 5.74) is 8.80. The second-order valence-electron chi connectivity index (χ2n) is 5.39. The molecule has 0 bridgehead atoms. The van der Waals surface area contributed by atoms with Crippen LogP contribution >= 0.6 is 0 Å². The zero-order chi connectivity index (χ0) is 13.0. The number of nitrogens with zero attached hydrogens (tertiary/aromatic N) is 1. The van der Waals surface area contributed by atoms with Crippen LogP contribution in [0.1, 0.15) is 30.0 Å². The molecular formula is C15H24N2O. The number of aryl methyl sites for hydroxylation is 1. The number of rotatable bonds is 5. The molecule has 0 aromatic heterocycles. The molecule has 1 aliphatic rings. The van der Waals surface area contributed by atoms with Crippen LogP contribution in [0.25, 0.3) is 0 Å². The van der Waals surface area contributed by atoms with E-state index < -0.39 is 0 Å². The Morgan fingerprint density at radius 2 is 2.22 bits per heavy atom. The van der Waals surface area contributed by atoms with Crippen LogP contribution in [0.3, 0.4) is 0 Å². The summed E-state index contributed by atoms with van der Waals surface area (Å²) in [6.07, 6.45) is 2.11. The van der Waals surface area contributed by atoms with Crippen molar-refractivity contribution in [2.45, 2.75) is 25.8 Å². The van der Waals surface area contributed by atoms with Gasteiger partial charge in [-0.1, -0.05) is 24.3 Å². The first-order chi connectivity index (χ1) is 8.70. The molecule has 0 radical (unpaired) electrons. The molecule has 18 heavy (non-hydrogen) atoms. The number of likely N-dealkylation sites (tertiary alicyclic amines) is 1. The van der Waals surface area contributed by atoms with E-state index in [9.17, 15) is 0 Å². The zero-order valence-corrected chi connectivity index (χ0v) is 11.2. The maximum atomic E-state index is 9.12. The quantitative estimate of drug-likeness (QED) is 0.834. The minimum absolute atomic E-state index is 0.124. The Kier molecular flexibility index (Phi) is 4.75. The van der Waals surface area contributed by atoms with E-state index in [1.165, 1.54) is 11.1 Å². The Morgan fingerprint density at radius 1 is 1.44 bits per heavy atom. The van der Waals surface area contributed by atoms with Gasteiger partial charge in [0.15, 0.2) is 0 Å². The second-order valence-corrected chi connectivity index (χ2v) is 5.39. The van der Waals surface area contributed by atoms with Crippen molar-refractivity contribution < 1.29 is 5.11 Å². The first-order valence-electron chi connectivity index (χ1n) is 6.85. The van der Waals surface area contributed by atoms with E-state index in [0.29, 0.717) is 12.5 Å². The molecule has 3 nitrogen and oxygen atoms in total. The average molecular weight is 248 g/mol. The van der Waals surface area contributed by atoms with Gasteiger partial charge in [0.1, 0.15) is 0 Å². The second kappa shape index (κ2) is 6.32. The van der Waals surface area contributed by atoms with Crippen LogP contribution in [-0.2, 0) is 0 Å². The van der Waals surface area contributed by atoms with E-state index in [-0.39, 0.29) is 6.04 Å². The summed E-state index contributed by atoms with van der Waals surface area (Å²) in [5, 5.41) is 9.12. The summed E-state index contributed by atoms with van der Waals surface area (Å²) < 4.78 is 0. The third-order valence-corrected chi connectivity index (χ3v) is 3.97. The Balaban J connectivity index is 1.82. The molecule has 1 aliphatic heterocycles. The van der Waals surface area contributed by atoms with Crippen molar-refractivity contribution in [1.82, 2.24) is 4.90 Å². The monoisotopic (exact) mass is 248 g/mol. The summed E-state index contributed by atoms with van der Waals surface area (Å²) in [7, 11) is 0. The molecule has 3 heteroatoms. The van der Waals surface area contributed by atoms with Crippen molar-refractivity contribution in [3.05, 3.63) is 35.4 Å². The van der Waals surface area contributed by atoms with Crippen LogP contribution in [0.4, 0.5) is 0 Å². The van der Waals surface area contributed by atoms with E-state index >= 15 is 0 Å². The first-order valence-corrected chi connectivity index (χ1v) is 6.85. The third-order valence-electron chi connectivity index (χ3n) is 3.97. The molecule has 1 aromatic rings. The fourth-order valence-electron chi connectivity index (χ4n) is 2.74. The van der Waals surface area contributed by atoms with Crippen molar-refractivity contribution in [3.8, 4) is 0 Å². The molecule has 2 atom stereocenters. The molecule has 2 rings (SSSR count). The molecule has 1 heterocycles. The van der Waals surface area contributed by atoms with E-state index in [1.54, 1.807) is 0 Å². The molecule has 0 spiro atoms. The normalized spacial score (nSPS) is 22.3. The highest BCUT2D eigenvalue weighted by Crippen LogP contribution is 2.21. The number of benzene rings is 1. The van der Waals surface area contributed by atoms with Gasteiger partial charge in [-0.25, -0.2) is 0 Å².